The number of hydrogen-bond donors (Lipinski definition) is 4. The summed E-state index contributed by atoms with van der Waals surface area (Å²) in [6.45, 7) is 2.14. The van der Waals surface area contributed by atoms with Crippen LogP contribution in [0.1, 0.15) is 64.7 Å². The van der Waals surface area contributed by atoms with Crippen molar-refractivity contribution in [2.24, 2.45) is 0 Å². The summed E-state index contributed by atoms with van der Waals surface area (Å²) in [5.74, 6) is -0.897. The molecule has 0 aromatic heterocycles. The molecule has 0 fully saturated rings. The number of unbranched alkanes of at least 4 members (excludes halogenated alkanes) is 3. The van der Waals surface area contributed by atoms with E-state index in [-0.39, 0.29) is 18.9 Å². The lowest BCUT2D eigenvalue weighted by molar-refractivity contribution is -0.137. The molecular formula is C20H34O5. The second-order valence-corrected chi connectivity index (χ2v) is 6.23. The van der Waals surface area contributed by atoms with Crippen molar-refractivity contribution in [3.05, 3.63) is 36.5 Å². The molecule has 144 valence electrons. The molecule has 0 saturated carbocycles. The highest BCUT2D eigenvalue weighted by molar-refractivity contribution is 5.66. The molecule has 3 unspecified atom stereocenters. The number of carboxylic acids is 1. The van der Waals surface area contributed by atoms with Crippen molar-refractivity contribution in [3.63, 3.8) is 0 Å². The quantitative estimate of drug-likeness (QED) is 0.205. The molecule has 0 aliphatic heterocycles. The fourth-order valence-electron chi connectivity index (χ4n) is 2.26. The van der Waals surface area contributed by atoms with Crippen LogP contribution in [0.4, 0.5) is 0 Å². The molecule has 0 amide bonds. The van der Waals surface area contributed by atoms with Crippen molar-refractivity contribution in [2.75, 3.05) is 0 Å². The third-order valence-electron chi connectivity index (χ3n) is 3.80. The molecule has 0 aliphatic carbocycles. The zero-order chi connectivity index (χ0) is 18.9. The van der Waals surface area contributed by atoms with Crippen LogP contribution in [0.25, 0.3) is 0 Å². The van der Waals surface area contributed by atoms with Gasteiger partial charge in [0.05, 0.1) is 18.3 Å². The Balaban J connectivity index is 3.80. The molecule has 5 nitrogen and oxygen atoms in total. The van der Waals surface area contributed by atoms with E-state index >= 15 is 0 Å². The zero-order valence-electron chi connectivity index (χ0n) is 15.3. The summed E-state index contributed by atoms with van der Waals surface area (Å²) < 4.78 is 0. The molecule has 4 N–H and O–H groups in total. The lowest BCUT2D eigenvalue weighted by Crippen LogP contribution is -2.23. The molecule has 0 rings (SSSR count). The molecule has 0 aromatic carbocycles. The molecule has 3 atom stereocenters. The molecule has 0 spiro atoms. The molecule has 5 heteroatoms. The van der Waals surface area contributed by atoms with Crippen LogP contribution in [-0.4, -0.2) is 44.7 Å². The van der Waals surface area contributed by atoms with Crippen molar-refractivity contribution in [2.45, 2.75) is 83.0 Å². The maximum absolute atomic E-state index is 10.4. The van der Waals surface area contributed by atoms with Gasteiger partial charge in [0.25, 0.3) is 0 Å². The van der Waals surface area contributed by atoms with E-state index in [0.29, 0.717) is 6.42 Å². The van der Waals surface area contributed by atoms with Gasteiger partial charge in [-0.25, -0.2) is 0 Å². The molecule has 0 heterocycles. The highest BCUT2D eigenvalue weighted by Crippen LogP contribution is 2.07. The van der Waals surface area contributed by atoms with Gasteiger partial charge < -0.3 is 20.4 Å². The minimum Gasteiger partial charge on any atom is -0.481 e. The van der Waals surface area contributed by atoms with Gasteiger partial charge in [0, 0.05) is 6.42 Å². The number of aliphatic carboxylic acids is 1. The second kappa shape index (κ2) is 16.1. The first-order valence-corrected chi connectivity index (χ1v) is 9.23. The average Bonchev–Trinajstić information content (AvgIpc) is 2.56. The van der Waals surface area contributed by atoms with Crippen molar-refractivity contribution in [1.82, 2.24) is 0 Å². The van der Waals surface area contributed by atoms with Gasteiger partial charge in [-0.05, 0) is 32.1 Å². The number of aliphatic hydroxyl groups is 3. The predicted molar refractivity (Wildman–Crippen MR) is 100 cm³/mol. The van der Waals surface area contributed by atoms with E-state index in [1.807, 2.05) is 18.2 Å². The van der Waals surface area contributed by atoms with E-state index in [0.717, 1.165) is 38.5 Å². The molecular weight excluding hydrogens is 320 g/mol. The topological polar surface area (TPSA) is 98.0 Å². The number of carboxylic acid groups (broad SMARTS) is 1. The third kappa shape index (κ3) is 15.8. The highest BCUT2D eigenvalue weighted by atomic mass is 16.4. The Morgan fingerprint density at radius 3 is 2.32 bits per heavy atom. The summed E-state index contributed by atoms with van der Waals surface area (Å²) >= 11 is 0. The van der Waals surface area contributed by atoms with Gasteiger partial charge in [0.2, 0.25) is 0 Å². The van der Waals surface area contributed by atoms with Gasteiger partial charge in [0.15, 0.2) is 0 Å². The van der Waals surface area contributed by atoms with Crippen molar-refractivity contribution < 1.29 is 25.2 Å². The van der Waals surface area contributed by atoms with Crippen LogP contribution in [0.15, 0.2) is 36.5 Å². The Morgan fingerprint density at radius 2 is 1.64 bits per heavy atom. The molecule has 0 bridgehead atoms. The van der Waals surface area contributed by atoms with E-state index in [1.165, 1.54) is 0 Å². The Bertz CT molecular complexity index is 414. The second-order valence-electron chi connectivity index (χ2n) is 6.23. The summed E-state index contributed by atoms with van der Waals surface area (Å²) in [7, 11) is 0. The van der Waals surface area contributed by atoms with E-state index in [1.54, 1.807) is 18.2 Å². The summed E-state index contributed by atoms with van der Waals surface area (Å²) in [4.78, 5) is 10.4. The lowest BCUT2D eigenvalue weighted by atomic mass is 10.1. The zero-order valence-corrected chi connectivity index (χ0v) is 15.3. The first-order chi connectivity index (χ1) is 12.0. The van der Waals surface area contributed by atoms with E-state index in [4.69, 9.17) is 5.11 Å². The number of carbonyl (C=O) groups is 1. The summed E-state index contributed by atoms with van der Waals surface area (Å²) in [6.07, 6.45) is 14.9. The van der Waals surface area contributed by atoms with E-state index < -0.39 is 18.2 Å². The summed E-state index contributed by atoms with van der Waals surface area (Å²) in [5.41, 5.74) is 0. The molecule has 0 saturated heterocycles. The normalized spacial score (nSPS) is 16.0. The van der Waals surface area contributed by atoms with Crippen LogP contribution in [0.5, 0.6) is 0 Å². The van der Waals surface area contributed by atoms with Crippen LogP contribution in [0, 0.1) is 0 Å². The monoisotopic (exact) mass is 354 g/mol. The molecule has 0 aromatic rings. The van der Waals surface area contributed by atoms with Crippen LogP contribution < -0.4 is 0 Å². The third-order valence-corrected chi connectivity index (χ3v) is 3.80. The smallest absolute Gasteiger partial charge is 0.303 e. The number of aliphatic hydroxyl groups excluding tert-OH is 3. The number of hydrogen-bond acceptors (Lipinski definition) is 4. The summed E-state index contributed by atoms with van der Waals surface area (Å²) in [6, 6.07) is 0. The van der Waals surface area contributed by atoms with E-state index in [2.05, 4.69) is 6.92 Å². The highest BCUT2D eigenvalue weighted by Gasteiger charge is 2.13. The van der Waals surface area contributed by atoms with Gasteiger partial charge in [-0.15, -0.1) is 0 Å². The van der Waals surface area contributed by atoms with Gasteiger partial charge >= 0.3 is 5.97 Å². The standard InChI is InChI=1S/C20H34O5/c1-2-3-8-12-17(21)13-9-6-4-5-7-10-14-18(22)19(23)15-11-16-20(24)25/h4,6,9-10,13-14,17-19,21-23H,2-3,5,7-8,11-12,15-16H2,1H3,(H,24,25). The average molecular weight is 354 g/mol. The minimum atomic E-state index is -0.962. The van der Waals surface area contributed by atoms with E-state index in [9.17, 15) is 20.1 Å². The largest absolute Gasteiger partial charge is 0.481 e. The van der Waals surface area contributed by atoms with Gasteiger partial charge in [-0.3, -0.25) is 4.79 Å². The number of allylic oxidation sites excluding steroid dienone is 4. The van der Waals surface area contributed by atoms with Crippen LogP contribution in [0.3, 0.4) is 0 Å². The maximum Gasteiger partial charge on any atom is 0.303 e. The number of rotatable bonds is 15. The van der Waals surface area contributed by atoms with Crippen molar-refractivity contribution in [1.29, 1.82) is 0 Å². The van der Waals surface area contributed by atoms with Crippen molar-refractivity contribution >= 4 is 5.97 Å². The Labute approximate surface area is 151 Å². The molecule has 0 aliphatic rings. The Kier molecular flexibility index (Phi) is 15.1. The molecule has 0 radical (unpaired) electrons. The Morgan fingerprint density at radius 1 is 0.920 bits per heavy atom. The van der Waals surface area contributed by atoms with Crippen LogP contribution in [-0.2, 0) is 4.79 Å². The fourth-order valence-corrected chi connectivity index (χ4v) is 2.26. The van der Waals surface area contributed by atoms with Crippen LogP contribution >= 0.6 is 0 Å². The lowest BCUT2D eigenvalue weighted by Gasteiger charge is -2.13. The maximum atomic E-state index is 10.4. The van der Waals surface area contributed by atoms with Gasteiger partial charge in [-0.1, -0.05) is 62.6 Å². The summed E-state index contributed by atoms with van der Waals surface area (Å²) in [5, 5.41) is 37.7. The van der Waals surface area contributed by atoms with Crippen molar-refractivity contribution in [3.8, 4) is 0 Å². The van der Waals surface area contributed by atoms with Crippen LogP contribution in [0.2, 0.25) is 0 Å². The molecule has 25 heavy (non-hydrogen) atoms. The first-order valence-electron chi connectivity index (χ1n) is 9.23. The first kappa shape index (κ1) is 23.6. The predicted octanol–water partition coefficient (Wildman–Crippen LogP) is 3.35. The van der Waals surface area contributed by atoms with Gasteiger partial charge in [-0.2, -0.15) is 0 Å². The van der Waals surface area contributed by atoms with Gasteiger partial charge in [0.1, 0.15) is 0 Å². The Hall–Kier alpha value is -1.43. The minimum absolute atomic E-state index is 0.000885. The fraction of sp³-hybridized carbons (Fsp3) is 0.650. The SMILES string of the molecule is CCCCCC(O)C=CC=CCCC=CC(O)C(O)CCCC(=O)O.